The van der Waals surface area contributed by atoms with Gasteiger partial charge in [-0.3, -0.25) is 0 Å². The zero-order valence-corrected chi connectivity index (χ0v) is 23.0. The van der Waals surface area contributed by atoms with Gasteiger partial charge in [0, 0.05) is 28.5 Å². The lowest BCUT2D eigenvalue weighted by molar-refractivity contribution is -0.109. The van der Waals surface area contributed by atoms with Gasteiger partial charge in [0.1, 0.15) is 30.3 Å². The van der Waals surface area contributed by atoms with E-state index in [1.807, 2.05) is 18.2 Å². The van der Waals surface area contributed by atoms with Crippen LogP contribution in [0.3, 0.4) is 0 Å². The summed E-state index contributed by atoms with van der Waals surface area (Å²) in [4.78, 5) is 15.6. The number of nitrogens with zero attached hydrogens (tertiary/aromatic N) is 1. The number of aryl methyl sites for hydroxylation is 1. The topological polar surface area (TPSA) is 48.4 Å². The van der Waals surface area contributed by atoms with Gasteiger partial charge in [-0.15, -0.1) is 0 Å². The Morgan fingerprint density at radius 3 is 2.59 bits per heavy atom. The van der Waals surface area contributed by atoms with E-state index in [0.717, 1.165) is 50.2 Å². The molecule has 204 valence electrons. The maximum absolute atomic E-state index is 15.6. The Balaban J connectivity index is 1.35. The Labute approximate surface area is 228 Å². The molecule has 1 spiro atoms. The van der Waals surface area contributed by atoms with Gasteiger partial charge in [0.05, 0.1) is 13.3 Å². The molecule has 3 unspecified atom stereocenters. The first-order valence-corrected chi connectivity index (χ1v) is 13.9. The summed E-state index contributed by atoms with van der Waals surface area (Å²) in [7, 11) is 1.48. The van der Waals surface area contributed by atoms with E-state index in [-0.39, 0.29) is 40.7 Å². The number of carbonyl (C=O) groups is 1. The summed E-state index contributed by atoms with van der Waals surface area (Å²) in [6.07, 6.45) is 7.26. The zero-order valence-electron chi connectivity index (χ0n) is 23.0. The quantitative estimate of drug-likeness (QED) is 0.295. The second-order valence-electron chi connectivity index (χ2n) is 12.3. The van der Waals surface area contributed by atoms with Crippen LogP contribution < -0.4 is 9.47 Å². The third-order valence-corrected chi connectivity index (χ3v) is 9.95. The molecular weight excluding hydrogens is 496 g/mol. The van der Waals surface area contributed by atoms with E-state index in [1.54, 1.807) is 0 Å². The third-order valence-electron chi connectivity index (χ3n) is 9.95. The van der Waals surface area contributed by atoms with Crippen molar-refractivity contribution < 1.29 is 23.0 Å². The van der Waals surface area contributed by atoms with E-state index in [0.29, 0.717) is 22.8 Å². The fourth-order valence-corrected chi connectivity index (χ4v) is 7.57. The SMILES string of the molecule is COc1cc(-c2cc(F)c(COc3ccc4c(c3)C3(CC4)C(C=O)[C@@H]3C)cc2C2CCCC2(C)C)c(F)cn1. The highest BCUT2D eigenvalue weighted by molar-refractivity contribution is 5.71. The molecule has 6 rings (SSSR count). The number of carbonyl (C=O) groups excluding carboxylic acids is 1. The maximum Gasteiger partial charge on any atom is 0.213 e. The number of rotatable bonds is 7. The summed E-state index contributed by atoms with van der Waals surface area (Å²) in [5.74, 6) is 0.564. The second kappa shape index (κ2) is 9.42. The molecule has 2 saturated carbocycles. The highest BCUT2D eigenvalue weighted by atomic mass is 19.1. The molecule has 3 aromatic rings. The minimum Gasteiger partial charge on any atom is -0.489 e. The molecule has 3 aliphatic rings. The van der Waals surface area contributed by atoms with Crippen molar-refractivity contribution in [3.63, 3.8) is 0 Å². The summed E-state index contributed by atoms with van der Waals surface area (Å²) in [6, 6.07) is 10.9. The predicted molar refractivity (Wildman–Crippen MR) is 146 cm³/mol. The predicted octanol–water partition coefficient (Wildman–Crippen LogP) is 7.56. The molecule has 0 amide bonds. The van der Waals surface area contributed by atoms with Crippen LogP contribution in [0.1, 0.15) is 74.6 Å². The van der Waals surface area contributed by atoms with Crippen LogP contribution in [0.25, 0.3) is 11.1 Å². The van der Waals surface area contributed by atoms with Crippen molar-refractivity contribution in [2.75, 3.05) is 7.11 Å². The number of aldehydes is 1. The first-order valence-electron chi connectivity index (χ1n) is 13.9. The molecule has 1 heterocycles. The van der Waals surface area contributed by atoms with Gasteiger partial charge in [-0.25, -0.2) is 13.8 Å². The van der Waals surface area contributed by atoms with E-state index in [9.17, 15) is 4.79 Å². The van der Waals surface area contributed by atoms with Gasteiger partial charge < -0.3 is 14.3 Å². The molecule has 0 bridgehead atoms. The van der Waals surface area contributed by atoms with Gasteiger partial charge in [0.25, 0.3) is 0 Å². The number of fused-ring (bicyclic) bond motifs is 2. The number of aromatic nitrogens is 1. The minimum atomic E-state index is -0.508. The molecule has 6 heteroatoms. The smallest absolute Gasteiger partial charge is 0.213 e. The monoisotopic (exact) mass is 531 g/mol. The zero-order chi connectivity index (χ0) is 27.5. The Kier molecular flexibility index (Phi) is 6.28. The van der Waals surface area contributed by atoms with Crippen LogP contribution in [0.5, 0.6) is 11.6 Å². The Morgan fingerprint density at radius 1 is 1.08 bits per heavy atom. The van der Waals surface area contributed by atoms with Crippen molar-refractivity contribution >= 4 is 6.29 Å². The first-order chi connectivity index (χ1) is 18.7. The third kappa shape index (κ3) is 4.14. The molecule has 1 aromatic heterocycles. The maximum atomic E-state index is 15.6. The largest absolute Gasteiger partial charge is 0.489 e. The Hall–Kier alpha value is -3.28. The van der Waals surface area contributed by atoms with Crippen molar-refractivity contribution in [3.8, 4) is 22.8 Å². The van der Waals surface area contributed by atoms with E-state index in [2.05, 4.69) is 31.8 Å². The fourth-order valence-electron chi connectivity index (χ4n) is 7.57. The van der Waals surface area contributed by atoms with Crippen molar-refractivity contribution in [1.82, 2.24) is 4.98 Å². The molecular formula is C33H35F2NO3. The lowest BCUT2D eigenvalue weighted by Crippen LogP contribution is -2.17. The average Bonchev–Trinajstić information content (AvgIpc) is 3.14. The van der Waals surface area contributed by atoms with E-state index < -0.39 is 11.6 Å². The number of halogens is 2. The van der Waals surface area contributed by atoms with Gasteiger partial charge in [0.15, 0.2) is 0 Å². The van der Waals surface area contributed by atoms with Crippen LogP contribution in [0.2, 0.25) is 0 Å². The fraction of sp³-hybridized carbons (Fsp3) is 0.455. The lowest BCUT2D eigenvalue weighted by Gasteiger charge is -2.30. The Morgan fingerprint density at radius 2 is 1.90 bits per heavy atom. The normalized spacial score (nSPS) is 26.5. The lowest BCUT2D eigenvalue weighted by atomic mass is 9.75. The number of hydrogen-bond donors (Lipinski definition) is 0. The number of pyridine rings is 1. The van der Waals surface area contributed by atoms with E-state index in [1.165, 1.54) is 30.4 Å². The summed E-state index contributed by atoms with van der Waals surface area (Å²) in [5, 5.41) is 0. The van der Waals surface area contributed by atoms with Crippen LogP contribution in [-0.2, 0) is 23.2 Å². The standard InChI is InChI=1S/C33H35F2NO3/c1-19-28(17-37)33(19)11-9-20-7-8-22(13-27(20)33)39-18-21-12-24(26-6-5-10-32(26,2)3)23(14-29(21)34)25-15-31(38-4)36-16-30(25)35/h7-8,12-17,19,26,28H,5-6,9-11,18H2,1-4H3/t19-,26?,28?,33?/m0/s1. The van der Waals surface area contributed by atoms with Crippen LogP contribution in [0.15, 0.2) is 42.6 Å². The molecule has 3 aliphatic carbocycles. The molecule has 39 heavy (non-hydrogen) atoms. The highest BCUT2D eigenvalue weighted by Gasteiger charge is 2.64. The molecule has 0 saturated heterocycles. The Bertz CT molecular complexity index is 1450. The van der Waals surface area contributed by atoms with Crippen molar-refractivity contribution in [3.05, 3.63) is 76.5 Å². The van der Waals surface area contributed by atoms with Gasteiger partial charge in [-0.1, -0.05) is 33.3 Å². The van der Waals surface area contributed by atoms with Crippen molar-refractivity contribution in [2.45, 2.75) is 70.8 Å². The number of ether oxygens (including phenoxy) is 2. The molecule has 0 radical (unpaired) electrons. The summed E-state index contributed by atoms with van der Waals surface area (Å²) in [6.45, 7) is 6.66. The number of methoxy groups -OCH3 is 1. The van der Waals surface area contributed by atoms with E-state index >= 15 is 8.78 Å². The van der Waals surface area contributed by atoms with Crippen LogP contribution in [0.4, 0.5) is 8.78 Å². The summed E-state index contributed by atoms with van der Waals surface area (Å²) < 4.78 is 42.1. The number of hydrogen-bond acceptors (Lipinski definition) is 4. The molecule has 4 atom stereocenters. The molecule has 0 aliphatic heterocycles. The van der Waals surface area contributed by atoms with Gasteiger partial charge in [0.2, 0.25) is 5.88 Å². The van der Waals surface area contributed by atoms with Gasteiger partial charge in [-0.2, -0.15) is 0 Å². The van der Waals surface area contributed by atoms with Crippen LogP contribution in [0, 0.1) is 28.9 Å². The highest BCUT2D eigenvalue weighted by Crippen LogP contribution is 2.65. The summed E-state index contributed by atoms with van der Waals surface area (Å²) >= 11 is 0. The molecule has 0 N–H and O–H groups in total. The van der Waals surface area contributed by atoms with Crippen LogP contribution in [-0.4, -0.2) is 18.4 Å². The summed E-state index contributed by atoms with van der Waals surface area (Å²) in [5.41, 5.74) is 4.61. The molecule has 4 nitrogen and oxygen atoms in total. The number of benzene rings is 2. The first kappa shape index (κ1) is 26.0. The van der Waals surface area contributed by atoms with Gasteiger partial charge in [-0.05, 0) is 89.5 Å². The van der Waals surface area contributed by atoms with Gasteiger partial charge >= 0.3 is 0 Å². The van der Waals surface area contributed by atoms with E-state index in [4.69, 9.17) is 9.47 Å². The van der Waals surface area contributed by atoms with Crippen LogP contribution >= 0.6 is 0 Å². The minimum absolute atomic E-state index is 0.00266. The average molecular weight is 532 g/mol. The van der Waals surface area contributed by atoms with Crippen molar-refractivity contribution in [2.24, 2.45) is 17.3 Å². The molecule has 2 aromatic carbocycles. The van der Waals surface area contributed by atoms with Crippen molar-refractivity contribution in [1.29, 1.82) is 0 Å². The second-order valence-corrected chi connectivity index (χ2v) is 12.3. The molecule has 2 fully saturated rings.